The highest BCUT2D eigenvalue weighted by Gasteiger charge is 2.42. The van der Waals surface area contributed by atoms with Crippen LogP contribution in [0.5, 0.6) is 0 Å². The van der Waals surface area contributed by atoms with Crippen molar-refractivity contribution < 1.29 is 9.50 Å². The van der Waals surface area contributed by atoms with Crippen LogP contribution in [0, 0.1) is 23.6 Å². The van der Waals surface area contributed by atoms with Gasteiger partial charge >= 0.3 is 0 Å². The van der Waals surface area contributed by atoms with E-state index in [1.807, 2.05) is 6.07 Å². The first-order valence-corrected chi connectivity index (χ1v) is 8.35. The molecule has 2 saturated heterocycles. The van der Waals surface area contributed by atoms with E-state index in [1.54, 1.807) is 12.1 Å². The maximum absolute atomic E-state index is 13.5. The molecule has 0 aromatic heterocycles. The number of nitrogens with zero attached hydrogens (tertiary/aromatic N) is 1. The summed E-state index contributed by atoms with van der Waals surface area (Å²) in [4.78, 5) is 2.50. The molecule has 0 amide bonds. The maximum atomic E-state index is 13.5. The van der Waals surface area contributed by atoms with Crippen LogP contribution in [-0.4, -0.2) is 42.3 Å². The fourth-order valence-electron chi connectivity index (χ4n) is 4.53. The molecule has 4 nitrogen and oxygen atoms in total. The average Bonchev–Trinajstić information content (AvgIpc) is 3.01. The molecule has 3 fully saturated rings. The van der Waals surface area contributed by atoms with Gasteiger partial charge in [-0.25, -0.2) is 9.82 Å². The molecule has 2 heterocycles. The van der Waals surface area contributed by atoms with E-state index < -0.39 is 0 Å². The molecule has 120 valence electrons. The number of hydrazine groups is 1. The summed E-state index contributed by atoms with van der Waals surface area (Å²) in [6.45, 7) is 3.91. The van der Waals surface area contributed by atoms with E-state index in [0.29, 0.717) is 17.8 Å². The van der Waals surface area contributed by atoms with Crippen molar-refractivity contribution in [3.63, 3.8) is 0 Å². The van der Waals surface area contributed by atoms with E-state index in [0.717, 1.165) is 44.6 Å². The van der Waals surface area contributed by atoms with E-state index in [2.05, 4.69) is 15.8 Å². The highest BCUT2D eigenvalue weighted by atomic mass is 19.1. The molecule has 1 aromatic rings. The Morgan fingerprint density at radius 1 is 1.23 bits per heavy atom. The Balaban J connectivity index is 1.44. The van der Waals surface area contributed by atoms with E-state index >= 15 is 0 Å². The summed E-state index contributed by atoms with van der Waals surface area (Å²) in [6.07, 6.45) is 2.24. The summed E-state index contributed by atoms with van der Waals surface area (Å²) in [5, 5.41) is 10.2. The van der Waals surface area contributed by atoms with Crippen molar-refractivity contribution in [1.29, 1.82) is 0 Å². The van der Waals surface area contributed by atoms with Crippen LogP contribution in [0.25, 0.3) is 0 Å². The molecule has 5 heteroatoms. The molecule has 0 radical (unpaired) electrons. The van der Waals surface area contributed by atoms with Crippen LogP contribution < -0.4 is 10.9 Å². The molecular weight excluding hydrogens is 281 g/mol. The van der Waals surface area contributed by atoms with E-state index in [-0.39, 0.29) is 18.0 Å². The Labute approximate surface area is 130 Å². The second kappa shape index (κ2) is 5.89. The molecule has 3 aliphatic rings. The third-order valence-electron chi connectivity index (χ3n) is 5.65. The maximum Gasteiger partial charge on any atom is 0.123 e. The Kier molecular flexibility index (Phi) is 3.90. The third-order valence-corrected chi connectivity index (χ3v) is 5.65. The largest absolute Gasteiger partial charge is 0.392 e. The molecular formula is C17H24FN3O. The Morgan fingerprint density at radius 3 is 2.73 bits per heavy atom. The van der Waals surface area contributed by atoms with Gasteiger partial charge in [-0.05, 0) is 42.4 Å². The monoisotopic (exact) mass is 305 g/mol. The minimum atomic E-state index is -0.177. The Bertz CT molecular complexity index is 526. The third kappa shape index (κ3) is 2.67. The number of piperidine rings is 1. The second-order valence-corrected chi connectivity index (χ2v) is 7.12. The summed E-state index contributed by atoms with van der Waals surface area (Å²) < 4.78 is 13.5. The Morgan fingerprint density at radius 2 is 2.00 bits per heavy atom. The summed E-state index contributed by atoms with van der Waals surface area (Å²) in [5.74, 6) is 1.16. The van der Waals surface area contributed by atoms with Gasteiger partial charge in [0.15, 0.2) is 0 Å². The molecule has 0 spiro atoms. The van der Waals surface area contributed by atoms with Crippen LogP contribution in [0.4, 0.5) is 4.39 Å². The minimum absolute atomic E-state index is 0.0879. The van der Waals surface area contributed by atoms with Crippen molar-refractivity contribution in [1.82, 2.24) is 15.8 Å². The number of hydrogen-bond donors (Lipinski definition) is 3. The lowest BCUT2D eigenvalue weighted by molar-refractivity contribution is 0.0113. The molecule has 1 aliphatic carbocycles. The zero-order valence-electron chi connectivity index (χ0n) is 12.7. The zero-order valence-corrected chi connectivity index (χ0v) is 12.7. The van der Waals surface area contributed by atoms with Crippen LogP contribution >= 0.6 is 0 Å². The van der Waals surface area contributed by atoms with Gasteiger partial charge in [-0.3, -0.25) is 5.43 Å². The summed E-state index contributed by atoms with van der Waals surface area (Å²) in [6, 6.07) is 7.04. The number of hydrogen-bond acceptors (Lipinski definition) is 4. The first-order valence-electron chi connectivity index (χ1n) is 8.35. The highest BCUT2D eigenvalue weighted by Crippen LogP contribution is 2.37. The van der Waals surface area contributed by atoms with Gasteiger partial charge in [0.25, 0.3) is 0 Å². The normalized spacial score (nSPS) is 38.5. The summed E-state index contributed by atoms with van der Waals surface area (Å²) >= 11 is 0. The molecule has 4 rings (SSSR count). The first-order chi connectivity index (χ1) is 10.7. The Hall–Kier alpha value is -1.01. The average molecular weight is 305 g/mol. The van der Waals surface area contributed by atoms with Gasteiger partial charge < -0.3 is 10.0 Å². The van der Waals surface area contributed by atoms with Crippen LogP contribution in [0.15, 0.2) is 24.3 Å². The van der Waals surface area contributed by atoms with Gasteiger partial charge in [-0.15, -0.1) is 0 Å². The number of rotatable bonds is 3. The fourth-order valence-corrected chi connectivity index (χ4v) is 4.53. The van der Waals surface area contributed by atoms with Gasteiger partial charge in [0.2, 0.25) is 0 Å². The molecule has 3 unspecified atom stereocenters. The minimum Gasteiger partial charge on any atom is -0.392 e. The van der Waals surface area contributed by atoms with Gasteiger partial charge in [-0.2, -0.15) is 0 Å². The van der Waals surface area contributed by atoms with Crippen LogP contribution in [0.2, 0.25) is 0 Å². The molecule has 2 aliphatic heterocycles. The number of nitrogens with one attached hydrogen (secondary N) is 2. The van der Waals surface area contributed by atoms with Crippen molar-refractivity contribution in [2.24, 2.45) is 17.8 Å². The lowest BCUT2D eigenvalue weighted by Gasteiger charge is -2.37. The molecule has 1 saturated carbocycles. The first kappa shape index (κ1) is 14.6. The lowest BCUT2D eigenvalue weighted by Crippen LogP contribution is -2.47. The van der Waals surface area contributed by atoms with Crippen molar-refractivity contribution >= 4 is 0 Å². The summed E-state index contributed by atoms with van der Waals surface area (Å²) in [7, 11) is 0. The van der Waals surface area contributed by atoms with E-state index in [9.17, 15) is 9.50 Å². The zero-order chi connectivity index (χ0) is 15.1. The van der Waals surface area contributed by atoms with Crippen molar-refractivity contribution in [3.8, 4) is 0 Å². The highest BCUT2D eigenvalue weighted by molar-refractivity contribution is 5.22. The quantitative estimate of drug-likeness (QED) is 0.788. The number of aliphatic hydroxyl groups is 1. The molecule has 2 bridgehead atoms. The molecule has 22 heavy (non-hydrogen) atoms. The molecule has 3 N–H and O–H groups in total. The number of fused-ring (bicyclic) bond motifs is 2. The smallest absolute Gasteiger partial charge is 0.123 e. The van der Waals surface area contributed by atoms with Gasteiger partial charge in [-0.1, -0.05) is 12.1 Å². The van der Waals surface area contributed by atoms with Crippen LogP contribution in [0.1, 0.15) is 24.4 Å². The number of halogens is 1. The van der Waals surface area contributed by atoms with E-state index in [4.69, 9.17) is 0 Å². The predicted octanol–water partition coefficient (Wildman–Crippen LogP) is 1.29. The number of benzene rings is 1. The number of aliphatic hydroxyl groups excluding tert-OH is 1. The topological polar surface area (TPSA) is 47.5 Å². The van der Waals surface area contributed by atoms with Crippen molar-refractivity contribution in [2.45, 2.75) is 25.0 Å². The van der Waals surface area contributed by atoms with Crippen molar-refractivity contribution in [2.75, 3.05) is 26.2 Å². The SMILES string of the molecule is OC1[C@@H]2CC[C@H]1CN(CC1CNNC1c1cccc(F)c1)C2. The molecule has 1 aromatic carbocycles. The number of likely N-dealkylation sites (tertiary alicyclic amines) is 1. The van der Waals surface area contributed by atoms with Crippen LogP contribution in [0.3, 0.4) is 0 Å². The van der Waals surface area contributed by atoms with Crippen LogP contribution in [-0.2, 0) is 0 Å². The van der Waals surface area contributed by atoms with Crippen molar-refractivity contribution in [3.05, 3.63) is 35.6 Å². The fraction of sp³-hybridized carbons (Fsp3) is 0.647. The van der Waals surface area contributed by atoms with E-state index in [1.165, 1.54) is 6.07 Å². The van der Waals surface area contributed by atoms with Gasteiger partial charge in [0.1, 0.15) is 5.82 Å². The second-order valence-electron chi connectivity index (χ2n) is 7.12. The van der Waals surface area contributed by atoms with Gasteiger partial charge in [0.05, 0.1) is 12.1 Å². The summed E-state index contributed by atoms with van der Waals surface area (Å²) in [5.41, 5.74) is 7.53. The lowest BCUT2D eigenvalue weighted by atomic mass is 9.91. The standard InChI is InChI=1S/C17H24FN3O/c18-15-3-1-2-11(6-15)16-14(7-19-20-16)10-21-8-12-4-5-13(9-21)17(12)22/h1-3,6,12-14,16-17,19-20,22H,4-5,7-10H2/t12-,13+,14?,16?,17?. The molecule has 5 atom stereocenters. The predicted molar refractivity (Wildman–Crippen MR) is 82.4 cm³/mol. The van der Waals surface area contributed by atoms with Gasteiger partial charge in [0, 0.05) is 32.1 Å².